The van der Waals surface area contributed by atoms with E-state index in [-0.39, 0.29) is 6.04 Å². The van der Waals surface area contributed by atoms with Crippen LogP contribution in [0.4, 0.5) is 0 Å². The van der Waals surface area contributed by atoms with Crippen LogP contribution in [0.5, 0.6) is 17.2 Å². The second-order valence-electron chi connectivity index (χ2n) is 4.91. The Morgan fingerprint density at radius 3 is 2.43 bits per heavy atom. The van der Waals surface area contributed by atoms with Crippen LogP contribution in [0.1, 0.15) is 25.8 Å². The average Bonchev–Trinajstić information content (AvgIpc) is 2.50. The van der Waals surface area contributed by atoms with Gasteiger partial charge in [-0.25, -0.2) is 0 Å². The Morgan fingerprint density at radius 2 is 1.76 bits per heavy atom. The highest BCUT2D eigenvalue weighted by atomic mass is 16.5. The first kappa shape index (κ1) is 15.3. The molecule has 2 rings (SSSR count). The summed E-state index contributed by atoms with van der Waals surface area (Å²) in [4.78, 5) is 4.21. The predicted molar refractivity (Wildman–Crippen MR) is 83.9 cm³/mol. The van der Waals surface area contributed by atoms with Gasteiger partial charge in [0.25, 0.3) is 0 Å². The quantitative estimate of drug-likeness (QED) is 0.845. The molecular weight excluding hydrogens is 264 g/mol. The van der Waals surface area contributed by atoms with Crippen molar-refractivity contribution in [3.63, 3.8) is 0 Å². The third kappa shape index (κ3) is 4.76. The van der Waals surface area contributed by atoms with Gasteiger partial charge in [0.15, 0.2) is 0 Å². The fourth-order valence-corrected chi connectivity index (χ4v) is 1.98. The van der Waals surface area contributed by atoms with Gasteiger partial charge in [-0.3, -0.25) is 4.98 Å². The fraction of sp³-hybridized carbons (Fsp3) is 0.353. The van der Waals surface area contributed by atoms with Crippen molar-refractivity contribution in [1.82, 2.24) is 4.98 Å². The number of nitrogens with two attached hydrogens (primary N) is 1. The number of benzene rings is 1. The molecule has 112 valence electrons. The van der Waals surface area contributed by atoms with Crippen LogP contribution < -0.4 is 15.2 Å². The molecule has 1 atom stereocenters. The highest BCUT2D eigenvalue weighted by Crippen LogP contribution is 2.24. The smallest absolute Gasteiger partial charge is 0.145 e. The van der Waals surface area contributed by atoms with Gasteiger partial charge in [-0.1, -0.05) is 6.92 Å². The molecule has 0 aliphatic rings. The summed E-state index contributed by atoms with van der Waals surface area (Å²) in [5.74, 6) is 2.32. The van der Waals surface area contributed by atoms with Crippen molar-refractivity contribution >= 4 is 0 Å². The Morgan fingerprint density at radius 1 is 1.05 bits per heavy atom. The number of hydrogen-bond donors (Lipinski definition) is 1. The van der Waals surface area contributed by atoms with E-state index in [1.807, 2.05) is 43.5 Å². The maximum atomic E-state index is 5.97. The van der Waals surface area contributed by atoms with E-state index < -0.39 is 0 Å². The van der Waals surface area contributed by atoms with Crippen molar-refractivity contribution in [2.75, 3.05) is 6.61 Å². The molecule has 0 saturated carbocycles. The lowest BCUT2D eigenvalue weighted by Gasteiger charge is -2.10. The molecule has 0 bridgehead atoms. The molecule has 1 aromatic carbocycles. The zero-order valence-corrected chi connectivity index (χ0v) is 12.6. The van der Waals surface area contributed by atoms with Gasteiger partial charge in [-0.05, 0) is 55.7 Å². The number of aromatic nitrogens is 1. The SMILES string of the molecule is CCOc1ccc(Oc2cncc(CC(N)CC)c2)cc1. The minimum absolute atomic E-state index is 0.160. The first-order chi connectivity index (χ1) is 10.2. The standard InChI is InChI=1S/C17H22N2O2/c1-3-14(18)9-13-10-17(12-19-11-13)21-16-7-5-15(6-8-16)20-4-2/h5-8,10-12,14H,3-4,9,18H2,1-2H3. The minimum Gasteiger partial charge on any atom is -0.494 e. The molecule has 4 heteroatoms. The summed E-state index contributed by atoms with van der Waals surface area (Å²) in [5, 5.41) is 0. The Labute approximate surface area is 125 Å². The molecule has 1 heterocycles. The van der Waals surface area contributed by atoms with Crippen LogP contribution in [0.25, 0.3) is 0 Å². The molecule has 21 heavy (non-hydrogen) atoms. The topological polar surface area (TPSA) is 57.4 Å². The van der Waals surface area contributed by atoms with E-state index in [9.17, 15) is 0 Å². The molecule has 0 aliphatic heterocycles. The molecule has 1 unspecified atom stereocenters. The molecule has 0 radical (unpaired) electrons. The van der Waals surface area contributed by atoms with Gasteiger partial charge in [0, 0.05) is 12.2 Å². The molecule has 0 saturated heterocycles. The largest absolute Gasteiger partial charge is 0.494 e. The molecule has 0 spiro atoms. The second kappa shape index (κ2) is 7.64. The lowest BCUT2D eigenvalue weighted by molar-refractivity contribution is 0.339. The number of ether oxygens (including phenoxy) is 2. The van der Waals surface area contributed by atoms with E-state index in [0.29, 0.717) is 6.61 Å². The van der Waals surface area contributed by atoms with Crippen LogP contribution in [0.2, 0.25) is 0 Å². The van der Waals surface area contributed by atoms with Crippen LogP contribution in [0.3, 0.4) is 0 Å². The maximum Gasteiger partial charge on any atom is 0.145 e. The first-order valence-corrected chi connectivity index (χ1v) is 7.31. The summed E-state index contributed by atoms with van der Waals surface area (Å²) in [5.41, 5.74) is 7.06. The molecule has 0 amide bonds. The summed E-state index contributed by atoms with van der Waals surface area (Å²) in [6, 6.07) is 9.70. The van der Waals surface area contributed by atoms with E-state index in [1.54, 1.807) is 6.20 Å². The predicted octanol–water partition coefficient (Wildman–Crippen LogP) is 3.55. The monoisotopic (exact) mass is 286 g/mol. The van der Waals surface area contributed by atoms with Gasteiger partial charge in [0.2, 0.25) is 0 Å². The molecule has 0 fully saturated rings. The van der Waals surface area contributed by atoms with Gasteiger partial charge in [0.05, 0.1) is 12.8 Å². The second-order valence-corrected chi connectivity index (χ2v) is 4.91. The van der Waals surface area contributed by atoms with Gasteiger partial charge in [0.1, 0.15) is 17.2 Å². The molecule has 4 nitrogen and oxygen atoms in total. The van der Waals surface area contributed by atoms with Crippen molar-refractivity contribution < 1.29 is 9.47 Å². The lowest BCUT2D eigenvalue weighted by Crippen LogP contribution is -2.21. The Hall–Kier alpha value is -2.07. The van der Waals surface area contributed by atoms with Crippen LogP contribution in [0.15, 0.2) is 42.7 Å². The maximum absolute atomic E-state index is 5.97. The third-order valence-electron chi connectivity index (χ3n) is 3.16. The van der Waals surface area contributed by atoms with E-state index in [1.165, 1.54) is 0 Å². The van der Waals surface area contributed by atoms with Gasteiger partial charge in [-0.15, -0.1) is 0 Å². The fourth-order valence-electron chi connectivity index (χ4n) is 1.98. The highest BCUT2D eigenvalue weighted by Gasteiger charge is 2.04. The molecular formula is C17H22N2O2. The minimum atomic E-state index is 0.160. The molecule has 2 aromatic rings. The van der Waals surface area contributed by atoms with E-state index in [4.69, 9.17) is 15.2 Å². The van der Waals surface area contributed by atoms with Crippen molar-refractivity contribution in [1.29, 1.82) is 0 Å². The van der Waals surface area contributed by atoms with E-state index in [2.05, 4.69) is 11.9 Å². The Bertz CT molecular complexity index is 555. The lowest BCUT2D eigenvalue weighted by atomic mass is 10.1. The first-order valence-electron chi connectivity index (χ1n) is 7.31. The van der Waals surface area contributed by atoms with Crippen LogP contribution in [-0.4, -0.2) is 17.6 Å². The zero-order valence-electron chi connectivity index (χ0n) is 12.6. The number of hydrogen-bond acceptors (Lipinski definition) is 4. The van der Waals surface area contributed by atoms with Crippen molar-refractivity contribution in [2.45, 2.75) is 32.7 Å². The molecule has 2 N–H and O–H groups in total. The van der Waals surface area contributed by atoms with Crippen LogP contribution in [-0.2, 0) is 6.42 Å². The van der Waals surface area contributed by atoms with Gasteiger partial charge >= 0.3 is 0 Å². The van der Waals surface area contributed by atoms with E-state index >= 15 is 0 Å². The summed E-state index contributed by atoms with van der Waals surface area (Å²) in [6.45, 7) is 4.70. The summed E-state index contributed by atoms with van der Waals surface area (Å²) in [7, 11) is 0. The number of rotatable bonds is 7. The Kier molecular flexibility index (Phi) is 5.58. The summed E-state index contributed by atoms with van der Waals surface area (Å²) < 4.78 is 11.2. The van der Waals surface area contributed by atoms with Crippen LogP contribution >= 0.6 is 0 Å². The summed E-state index contributed by atoms with van der Waals surface area (Å²) in [6.07, 6.45) is 5.30. The third-order valence-corrected chi connectivity index (χ3v) is 3.16. The number of pyridine rings is 1. The molecule has 1 aromatic heterocycles. The normalized spacial score (nSPS) is 12.0. The van der Waals surface area contributed by atoms with Gasteiger partial charge in [-0.2, -0.15) is 0 Å². The highest BCUT2D eigenvalue weighted by molar-refractivity contribution is 5.35. The summed E-state index contributed by atoms with van der Waals surface area (Å²) >= 11 is 0. The number of nitrogens with zero attached hydrogens (tertiary/aromatic N) is 1. The molecule has 0 aliphatic carbocycles. The van der Waals surface area contributed by atoms with Crippen LogP contribution in [0, 0.1) is 0 Å². The zero-order chi connectivity index (χ0) is 15.1. The van der Waals surface area contributed by atoms with Crippen molar-refractivity contribution in [3.05, 3.63) is 48.3 Å². The van der Waals surface area contributed by atoms with Gasteiger partial charge < -0.3 is 15.2 Å². The van der Waals surface area contributed by atoms with E-state index in [0.717, 1.165) is 35.7 Å². The Balaban J connectivity index is 2.03. The average molecular weight is 286 g/mol. The van der Waals surface area contributed by atoms with Crippen molar-refractivity contribution in [2.24, 2.45) is 5.73 Å². The van der Waals surface area contributed by atoms with Crippen molar-refractivity contribution in [3.8, 4) is 17.2 Å².